The number of rotatable bonds is 6. The van der Waals surface area contributed by atoms with Gasteiger partial charge in [-0.3, -0.25) is 4.79 Å². The minimum atomic E-state index is -0.489. The average Bonchev–Trinajstić information content (AvgIpc) is 2.10. The first kappa shape index (κ1) is 11.4. The van der Waals surface area contributed by atoms with Crippen molar-refractivity contribution in [1.82, 2.24) is 5.32 Å². The van der Waals surface area contributed by atoms with Crippen LogP contribution in [0.15, 0.2) is 0 Å². The van der Waals surface area contributed by atoms with Gasteiger partial charge in [0.25, 0.3) is 0 Å². The Hall–Kier alpha value is -0.550. The molecule has 0 aliphatic rings. The van der Waals surface area contributed by atoms with E-state index in [9.17, 15) is 9.59 Å². The third kappa shape index (κ3) is 5.15. The fraction of sp³-hybridized carbons (Fsp3) is 0.714. The smallest absolute Gasteiger partial charge is 0.237 e. The summed E-state index contributed by atoms with van der Waals surface area (Å²) in [4.78, 5) is 20.9. The van der Waals surface area contributed by atoms with Crippen molar-refractivity contribution in [3.63, 3.8) is 0 Å². The van der Waals surface area contributed by atoms with E-state index < -0.39 is 6.04 Å². The maximum Gasteiger partial charge on any atom is 0.237 e. The molecule has 3 N–H and O–H groups in total. The zero-order valence-corrected chi connectivity index (χ0v) is 7.89. The summed E-state index contributed by atoms with van der Waals surface area (Å²) >= 11 is 1.64. The van der Waals surface area contributed by atoms with Crippen molar-refractivity contribution in [2.45, 2.75) is 12.5 Å². The van der Waals surface area contributed by atoms with Gasteiger partial charge in [0.2, 0.25) is 5.91 Å². The molecule has 0 radical (unpaired) electrons. The molecule has 0 saturated carbocycles. The van der Waals surface area contributed by atoms with Crippen LogP contribution in [0.5, 0.6) is 0 Å². The maximum atomic E-state index is 11.0. The van der Waals surface area contributed by atoms with Crippen molar-refractivity contribution in [1.29, 1.82) is 0 Å². The average molecular weight is 190 g/mol. The van der Waals surface area contributed by atoms with Crippen molar-refractivity contribution < 1.29 is 9.59 Å². The summed E-state index contributed by atoms with van der Waals surface area (Å²) < 4.78 is 0. The van der Waals surface area contributed by atoms with Gasteiger partial charge in [0.1, 0.15) is 6.29 Å². The first-order valence-corrected chi connectivity index (χ1v) is 5.07. The quantitative estimate of drug-likeness (QED) is 0.548. The van der Waals surface area contributed by atoms with Gasteiger partial charge in [-0.2, -0.15) is 11.8 Å². The van der Waals surface area contributed by atoms with Gasteiger partial charge in [-0.25, -0.2) is 0 Å². The van der Waals surface area contributed by atoms with E-state index in [1.54, 1.807) is 11.8 Å². The molecule has 1 unspecified atom stereocenters. The topological polar surface area (TPSA) is 72.2 Å². The lowest BCUT2D eigenvalue weighted by Gasteiger charge is -2.08. The van der Waals surface area contributed by atoms with Crippen LogP contribution in [-0.4, -0.2) is 36.8 Å². The minimum Gasteiger partial charge on any atom is -0.348 e. The standard InChI is InChI=1S/C7H14N2O2S/c1-12-5-2-6(8)7(11)9-3-4-10/h4,6H,2-3,5,8H2,1H3,(H,9,11). The lowest BCUT2D eigenvalue weighted by Crippen LogP contribution is -2.41. The second kappa shape index (κ2) is 7.12. The molecule has 1 amide bonds. The van der Waals surface area contributed by atoms with Crippen LogP contribution < -0.4 is 11.1 Å². The van der Waals surface area contributed by atoms with Crippen molar-refractivity contribution >= 4 is 24.0 Å². The van der Waals surface area contributed by atoms with Crippen LogP contribution in [-0.2, 0) is 9.59 Å². The van der Waals surface area contributed by atoms with E-state index in [0.29, 0.717) is 12.7 Å². The van der Waals surface area contributed by atoms with E-state index in [4.69, 9.17) is 5.73 Å². The molecule has 0 aliphatic carbocycles. The van der Waals surface area contributed by atoms with Gasteiger partial charge in [0.05, 0.1) is 12.6 Å². The highest BCUT2D eigenvalue weighted by molar-refractivity contribution is 7.98. The minimum absolute atomic E-state index is 0.0474. The molecule has 0 aromatic carbocycles. The van der Waals surface area contributed by atoms with E-state index in [1.165, 1.54) is 0 Å². The molecule has 0 fully saturated rings. The number of hydrogen-bond donors (Lipinski definition) is 2. The molecular weight excluding hydrogens is 176 g/mol. The van der Waals surface area contributed by atoms with E-state index in [1.807, 2.05) is 6.26 Å². The molecule has 0 aromatic heterocycles. The number of nitrogens with one attached hydrogen (secondary N) is 1. The molecule has 0 bridgehead atoms. The fourth-order valence-electron chi connectivity index (χ4n) is 0.649. The van der Waals surface area contributed by atoms with Crippen molar-refractivity contribution in [3.8, 4) is 0 Å². The molecule has 0 aliphatic heterocycles. The Kier molecular flexibility index (Phi) is 6.79. The van der Waals surface area contributed by atoms with Crippen molar-refractivity contribution in [2.24, 2.45) is 5.73 Å². The molecule has 1 atom stereocenters. The van der Waals surface area contributed by atoms with Crippen molar-refractivity contribution in [3.05, 3.63) is 0 Å². The summed E-state index contributed by atoms with van der Waals surface area (Å²) in [5, 5.41) is 2.40. The van der Waals surface area contributed by atoms with Crippen LogP contribution in [0.3, 0.4) is 0 Å². The monoisotopic (exact) mass is 190 g/mol. The summed E-state index contributed by atoms with van der Waals surface area (Å²) in [5.74, 6) is 0.603. The molecule has 0 spiro atoms. The van der Waals surface area contributed by atoms with E-state index in [-0.39, 0.29) is 12.5 Å². The number of aldehydes is 1. The van der Waals surface area contributed by atoms with Crippen LogP contribution in [0.4, 0.5) is 0 Å². The van der Waals surface area contributed by atoms with Crippen molar-refractivity contribution in [2.75, 3.05) is 18.6 Å². The Morgan fingerprint density at radius 2 is 2.42 bits per heavy atom. The number of amides is 1. The maximum absolute atomic E-state index is 11.0. The zero-order chi connectivity index (χ0) is 9.40. The van der Waals surface area contributed by atoms with Gasteiger partial charge in [0.15, 0.2) is 0 Å². The molecular formula is C7H14N2O2S. The summed E-state index contributed by atoms with van der Waals surface area (Å²) in [6.07, 6.45) is 3.24. The van der Waals surface area contributed by atoms with Gasteiger partial charge >= 0.3 is 0 Å². The van der Waals surface area contributed by atoms with Crippen LogP contribution in [0, 0.1) is 0 Å². The molecule has 0 rings (SSSR count). The molecule has 70 valence electrons. The molecule has 12 heavy (non-hydrogen) atoms. The predicted molar refractivity (Wildman–Crippen MR) is 50.0 cm³/mol. The molecule has 0 saturated heterocycles. The second-order valence-corrected chi connectivity index (χ2v) is 3.29. The van der Waals surface area contributed by atoms with Crippen LogP contribution >= 0.6 is 11.8 Å². The molecule has 0 heterocycles. The van der Waals surface area contributed by atoms with Gasteiger partial charge in [-0.1, -0.05) is 0 Å². The van der Waals surface area contributed by atoms with Gasteiger partial charge in [-0.05, 0) is 18.4 Å². The number of carbonyl (C=O) groups is 2. The lowest BCUT2D eigenvalue weighted by molar-refractivity contribution is -0.123. The summed E-state index contributed by atoms with van der Waals surface area (Å²) in [7, 11) is 0. The van der Waals surface area contributed by atoms with Crippen LogP contribution in [0.25, 0.3) is 0 Å². The second-order valence-electron chi connectivity index (χ2n) is 2.30. The van der Waals surface area contributed by atoms with E-state index >= 15 is 0 Å². The highest BCUT2D eigenvalue weighted by Crippen LogP contribution is 1.98. The Morgan fingerprint density at radius 3 is 2.92 bits per heavy atom. The molecule has 0 aromatic rings. The van der Waals surface area contributed by atoms with Gasteiger partial charge in [-0.15, -0.1) is 0 Å². The number of hydrogen-bond acceptors (Lipinski definition) is 4. The number of nitrogens with two attached hydrogens (primary N) is 1. The summed E-state index contributed by atoms with van der Waals surface area (Å²) in [6, 6.07) is -0.489. The first-order chi connectivity index (χ1) is 5.72. The van der Waals surface area contributed by atoms with Crippen LogP contribution in [0.1, 0.15) is 6.42 Å². The third-order valence-electron chi connectivity index (χ3n) is 1.33. The SMILES string of the molecule is CSCCC(N)C(=O)NCC=O. The Morgan fingerprint density at radius 1 is 1.75 bits per heavy atom. The summed E-state index contributed by atoms with van der Waals surface area (Å²) in [6.45, 7) is 0.0474. The Bertz CT molecular complexity index is 152. The van der Waals surface area contributed by atoms with E-state index in [0.717, 1.165) is 5.75 Å². The number of carbonyl (C=O) groups excluding carboxylic acids is 2. The van der Waals surface area contributed by atoms with Gasteiger partial charge in [0, 0.05) is 0 Å². The normalized spacial score (nSPS) is 12.2. The summed E-state index contributed by atoms with van der Waals surface area (Å²) in [5.41, 5.74) is 5.50. The third-order valence-corrected chi connectivity index (χ3v) is 1.97. The Balaban J connectivity index is 3.53. The van der Waals surface area contributed by atoms with E-state index in [2.05, 4.69) is 5.32 Å². The van der Waals surface area contributed by atoms with Gasteiger partial charge < -0.3 is 15.8 Å². The fourth-order valence-corrected chi connectivity index (χ4v) is 1.14. The zero-order valence-electron chi connectivity index (χ0n) is 7.08. The molecule has 5 heteroatoms. The van der Waals surface area contributed by atoms with Crippen LogP contribution in [0.2, 0.25) is 0 Å². The highest BCUT2D eigenvalue weighted by atomic mass is 32.2. The Labute approximate surface area is 76.3 Å². The molecule has 4 nitrogen and oxygen atoms in total. The lowest BCUT2D eigenvalue weighted by atomic mass is 10.2. The first-order valence-electron chi connectivity index (χ1n) is 3.68. The number of thioether (sulfide) groups is 1. The predicted octanol–water partition coefficient (Wildman–Crippen LogP) is -0.618. The highest BCUT2D eigenvalue weighted by Gasteiger charge is 2.10. The largest absolute Gasteiger partial charge is 0.348 e.